The van der Waals surface area contributed by atoms with Crippen LogP contribution in [0.1, 0.15) is 42.1 Å². The Bertz CT molecular complexity index is 1070. The van der Waals surface area contributed by atoms with Gasteiger partial charge in [-0.15, -0.1) is 0 Å². The van der Waals surface area contributed by atoms with E-state index >= 15 is 0 Å². The van der Waals surface area contributed by atoms with Gasteiger partial charge in [-0.3, -0.25) is 4.79 Å². The smallest absolute Gasteiger partial charge is 0.255 e. The number of nitrogens with zero attached hydrogens (tertiary/aromatic N) is 2. The lowest BCUT2D eigenvalue weighted by atomic mass is 10.1. The van der Waals surface area contributed by atoms with Crippen molar-refractivity contribution in [3.05, 3.63) is 47.5 Å². The minimum absolute atomic E-state index is 0.0236. The monoisotopic (exact) mass is 445 g/mol. The van der Waals surface area contributed by atoms with Crippen LogP contribution in [0.5, 0.6) is 5.75 Å². The molecule has 1 saturated heterocycles. The molecule has 0 saturated carbocycles. The van der Waals surface area contributed by atoms with Gasteiger partial charge < -0.3 is 15.0 Å². The zero-order valence-corrected chi connectivity index (χ0v) is 19.6. The number of hydrogen-bond acceptors (Lipinski definition) is 5. The fourth-order valence-electron chi connectivity index (χ4n) is 4.01. The summed E-state index contributed by atoms with van der Waals surface area (Å²) in [6.07, 6.45) is 2.66. The van der Waals surface area contributed by atoms with Crippen molar-refractivity contribution in [2.45, 2.75) is 44.0 Å². The number of aryl methyl sites for hydroxylation is 1. The molecule has 31 heavy (non-hydrogen) atoms. The van der Waals surface area contributed by atoms with Crippen LogP contribution in [0.4, 0.5) is 11.4 Å². The standard InChI is InChI=1S/C23H31N3O4S/c1-16-14-19(10-11-20(16)25(3)4)24-23(27)18-9-12-21(30-5)22(15-18)31(28,29)26-13-7-6-8-17(26)2/h9-12,14-15,17H,6-8,13H2,1-5H3,(H,24,27). The number of amides is 1. The highest BCUT2D eigenvalue weighted by Gasteiger charge is 2.33. The van der Waals surface area contributed by atoms with Crippen molar-refractivity contribution in [1.29, 1.82) is 0 Å². The second-order valence-corrected chi connectivity index (χ2v) is 10.0. The summed E-state index contributed by atoms with van der Waals surface area (Å²) in [6.45, 7) is 4.36. The van der Waals surface area contributed by atoms with Crippen LogP contribution in [0.15, 0.2) is 41.3 Å². The van der Waals surface area contributed by atoms with Crippen LogP contribution >= 0.6 is 0 Å². The molecule has 1 atom stereocenters. The van der Waals surface area contributed by atoms with Gasteiger partial charge in [-0.25, -0.2) is 8.42 Å². The molecule has 1 fully saturated rings. The molecule has 8 heteroatoms. The van der Waals surface area contributed by atoms with Crippen LogP contribution in [-0.2, 0) is 10.0 Å². The predicted octanol–water partition coefficient (Wildman–Crippen LogP) is 3.89. The lowest BCUT2D eigenvalue weighted by Gasteiger charge is -2.32. The van der Waals surface area contributed by atoms with Gasteiger partial charge >= 0.3 is 0 Å². The zero-order chi connectivity index (χ0) is 22.8. The van der Waals surface area contributed by atoms with Crippen LogP contribution in [0.3, 0.4) is 0 Å². The predicted molar refractivity (Wildman–Crippen MR) is 124 cm³/mol. The number of carbonyl (C=O) groups excluding carboxylic acids is 1. The van der Waals surface area contributed by atoms with E-state index in [0.29, 0.717) is 12.2 Å². The Morgan fingerprint density at radius 1 is 1.16 bits per heavy atom. The van der Waals surface area contributed by atoms with E-state index in [-0.39, 0.29) is 28.2 Å². The summed E-state index contributed by atoms with van der Waals surface area (Å²) in [7, 11) is 1.57. The van der Waals surface area contributed by atoms with Gasteiger partial charge in [-0.1, -0.05) is 6.42 Å². The number of methoxy groups -OCH3 is 1. The number of hydrogen-bond donors (Lipinski definition) is 1. The molecule has 0 aromatic heterocycles. The summed E-state index contributed by atoms with van der Waals surface area (Å²) in [4.78, 5) is 14.9. The molecule has 1 N–H and O–H groups in total. The van der Waals surface area contributed by atoms with E-state index < -0.39 is 10.0 Å². The van der Waals surface area contributed by atoms with E-state index in [2.05, 4.69) is 5.32 Å². The van der Waals surface area contributed by atoms with Gasteiger partial charge in [0.2, 0.25) is 10.0 Å². The Hall–Kier alpha value is -2.58. The number of ether oxygens (including phenoxy) is 1. The maximum Gasteiger partial charge on any atom is 0.255 e. The normalized spacial score (nSPS) is 17.3. The van der Waals surface area contributed by atoms with E-state index in [1.807, 2.05) is 51.0 Å². The number of piperidine rings is 1. The second-order valence-electron chi connectivity index (χ2n) is 8.18. The SMILES string of the molecule is COc1ccc(C(=O)Nc2ccc(N(C)C)c(C)c2)cc1S(=O)(=O)N1CCCCC1C. The van der Waals surface area contributed by atoms with Gasteiger partial charge in [-0.05, 0) is 68.7 Å². The summed E-state index contributed by atoms with van der Waals surface area (Å²) in [5, 5.41) is 2.86. The first-order valence-electron chi connectivity index (χ1n) is 10.4. The molecule has 1 aliphatic heterocycles. The lowest BCUT2D eigenvalue weighted by molar-refractivity contribution is 0.102. The minimum atomic E-state index is -3.78. The molecule has 7 nitrogen and oxygen atoms in total. The van der Waals surface area contributed by atoms with E-state index in [0.717, 1.165) is 30.5 Å². The van der Waals surface area contributed by atoms with E-state index in [1.54, 1.807) is 6.07 Å². The van der Waals surface area contributed by atoms with Crippen molar-refractivity contribution in [2.75, 3.05) is 38.0 Å². The Morgan fingerprint density at radius 3 is 2.52 bits per heavy atom. The largest absolute Gasteiger partial charge is 0.495 e. The zero-order valence-electron chi connectivity index (χ0n) is 18.8. The summed E-state index contributed by atoms with van der Waals surface area (Å²) in [5.41, 5.74) is 3.00. The van der Waals surface area contributed by atoms with Crippen molar-refractivity contribution >= 4 is 27.3 Å². The first-order chi connectivity index (χ1) is 14.6. The van der Waals surface area contributed by atoms with Gasteiger partial charge in [0.25, 0.3) is 5.91 Å². The molecule has 1 aliphatic rings. The van der Waals surface area contributed by atoms with Gasteiger partial charge in [-0.2, -0.15) is 4.31 Å². The summed E-state index contributed by atoms with van der Waals surface area (Å²) < 4.78 is 33.6. The van der Waals surface area contributed by atoms with E-state index in [1.165, 1.54) is 23.5 Å². The molecule has 2 aromatic rings. The fraction of sp³-hybridized carbons (Fsp3) is 0.435. The van der Waals surface area contributed by atoms with Crippen molar-refractivity contribution in [1.82, 2.24) is 4.31 Å². The highest BCUT2D eigenvalue weighted by molar-refractivity contribution is 7.89. The first-order valence-corrected chi connectivity index (χ1v) is 11.9. The molecular formula is C23H31N3O4S. The Balaban J connectivity index is 1.91. The quantitative estimate of drug-likeness (QED) is 0.730. The number of nitrogens with one attached hydrogen (secondary N) is 1. The number of rotatable bonds is 6. The molecule has 0 aliphatic carbocycles. The first kappa shape index (κ1) is 23.1. The van der Waals surface area contributed by atoms with Crippen LogP contribution in [-0.4, -0.2) is 52.4 Å². The van der Waals surface area contributed by atoms with Gasteiger partial charge in [0.15, 0.2) is 0 Å². The highest BCUT2D eigenvalue weighted by atomic mass is 32.2. The van der Waals surface area contributed by atoms with E-state index in [4.69, 9.17) is 4.74 Å². The van der Waals surface area contributed by atoms with Crippen molar-refractivity contribution in [3.8, 4) is 5.75 Å². The van der Waals surface area contributed by atoms with Crippen LogP contribution in [0.2, 0.25) is 0 Å². The third kappa shape index (κ3) is 4.85. The third-order valence-electron chi connectivity index (χ3n) is 5.69. The minimum Gasteiger partial charge on any atom is -0.495 e. The molecule has 0 radical (unpaired) electrons. The third-order valence-corrected chi connectivity index (χ3v) is 7.73. The molecular weight excluding hydrogens is 414 g/mol. The molecule has 1 heterocycles. The Labute approximate surface area is 185 Å². The average Bonchev–Trinajstić information content (AvgIpc) is 2.73. The van der Waals surface area contributed by atoms with Gasteiger partial charge in [0.1, 0.15) is 10.6 Å². The molecule has 0 spiro atoms. The number of benzene rings is 2. The number of anilines is 2. The maximum absolute atomic E-state index is 13.4. The summed E-state index contributed by atoms with van der Waals surface area (Å²) >= 11 is 0. The van der Waals surface area contributed by atoms with Crippen LogP contribution < -0.4 is 15.0 Å². The van der Waals surface area contributed by atoms with Gasteiger partial charge in [0, 0.05) is 43.6 Å². The fourth-order valence-corrected chi connectivity index (χ4v) is 5.90. The van der Waals surface area contributed by atoms with Gasteiger partial charge in [0.05, 0.1) is 7.11 Å². The highest BCUT2D eigenvalue weighted by Crippen LogP contribution is 2.32. The second kappa shape index (κ2) is 9.28. The molecule has 1 amide bonds. The Kier molecular flexibility index (Phi) is 6.91. The number of carbonyl (C=O) groups is 1. The van der Waals surface area contributed by atoms with Crippen molar-refractivity contribution in [3.63, 3.8) is 0 Å². The lowest BCUT2D eigenvalue weighted by Crippen LogP contribution is -2.42. The molecule has 1 unspecified atom stereocenters. The molecule has 3 rings (SSSR count). The summed E-state index contributed by atoms with van der Waals surface area (Å²) in [6, 6.07) is 10.1. The average molecular weight is 446 g/mol. The molecule has 168 valence electrons. The number of sulfonamides is 1. The molecule has 0 bridgehead atoms. The summed E-state index contributed by atoms with van der Waals surface area (Å²) in [5.74, 6) is -0.136. The van der Waals surface area contributed by atoms with Crippen molar-refractivity contribution < 1.29 is 17.9 Å². The van der Waals surface area contributed by atoms with Crippen LogP contribution in [0.25, 0.3) is 0 Å². The molecule has 2 aromatic carbocycles. The Morgan fingerprint density at radius 2 is 1.90 bits per heavy atom. The van der Waals surface area contributed by atoms with Crippen LogP contribution in [0, 0.1) is 6.92 Å². The van der Waals surface area contributed by atoms with Crippen molar-refractivity contribution in [2.24, 2.45) is 0 Å². The topological polar surface area (TPSA) is 79.0 Å². The maximum atomic E-state index is 13.4. The van der Waals surface area contributed by atoms with E-state index in [9.17, 15) is 13.2 Å².